The van der Waals surface area contributed by atoms with Gasteiger partial charge < -0.3 is 35.5 Å². The first-order chi connectivity index (χ1) is 22.0. The van der Waals surface area contributed by atoms with Crippen LogP contribution in [0.25, 0.3) is 0 Å². The Morgan fingerprint density at radius 1 is 1.07 bits per heavy atom. The van der Waals surface area contributed by atoms with Gasteiger partial charge in [-0.2, -0.15) is 5.26 Å². The molecule has 0 fully saturated rings. The van der Waals surface area contributed by atoms with Gasteiger partial charge in [0.25, 0.3) is 11.8 Å². The van der Waals surface area contributed by atoms with Crippen molar-refractivity contribution in [1.29, 1.82) is 5.26 Å². The molecule has 0 saturated carbocycles. The molecular formula is C34H40N6O5S. The lowest BCUT2D eigenvalue weighted by Crippen LogP contribution is -2.52. The van der Waals surface area contributed by atoms with E-state index in [1.165, 1.54) is 11.1 Å². The molecule has 3 aromatic rings. The van der Waals surface area contributed by atoms with E-state index >= 15 is 0 Å². The summed E-state index contributed by atoms with van der Waals surface area (Å²) < 4.78 is 0. The molecule has 3 rings (SSSR count). The van der Waals surface area contributed by atoms with Crippen molar-refractivity contribution in [2.45, 2.75) is 58.5 Å². The Balaban J connectivity index is 1.84. The van der Waals surface area contributed by atoms with Gasteiger partial charge in [0, 0.05) is 25.8 Å². The molecule has 0 aliphatic heterocycles. The fraction of sp³-hybridized carbons (Fsp3) is 0.353. The highest BCUT2D eigenvalue weighted by Gasteiger charge is 2.28. The van der Waals surface area contributed by atoms with Gasteiger partial charge in [-0.05, 0) is 43.0 Å². The number of aromatic nitrogens is 1. The molecule has 1 unspecified atom stereocenters. The van der Waals surface area contributed by atoms with Gasteiger partial charge in [0.15, 0.2) is 0 Å². The SMILES string of the molecule is Cc1ccc(CN[C@H](c2cccc(N(C)C(=O)C(C#N)=CC(C)C)c2)C(C=O)NC[C@H](O)[C@@H](C=O)NC(=O)c2cnc(C)s2)cc1. The van der Waals surface area contributed by atoms with Gasteiger partial charge in [-0.1, -0.05) is 61.9 Å². The number of thiazole rings is 1. The van der Waals surface area contributed by atoms with E-state index in [1.807, 2.05) is 57.2 Å². The molecule has 46 heavy (non-hydrogen) atoms. The Bertz CT molecular complexity index is 1580. The normalized spacial score (nSPS) is 14.1. The van der Waals surface area contributed by atoms with Crippen LogP contribution in [-0.2, 0) is 20.9 Å². The number of amides is 2. The minimum absolute atomic E-state index is 0.00694. The second kappa shape index (κ2) is 17.2. The summed E-state index contributed by atoms with van der Waals surface area (Å²) in [7, 11) is 1.58. The van der Waals surface area contributed by atoms with E-state index in [9.17, 15) is 29.5 Å². The third kappa shape index (κ3) is 9.98. The number of aryl methyl sites for hydroxylation is 2. The Labute approximate surface area is 273 Å². The number of nitrogens with one attached hydrogen (secondary N) is 3. The fourth-order valence-electron chi connectivity index (χ4n) is 4.64. The number of carbonyl (C=O) groups excluding carboxylic acids is 4. The number of hydrogen-bond donors (Lipinski definition) is 4. The van der Waals surface area contributed by atoms with E-state index in [0.717, 1.165) is 22.5 Å². The number of anilines is 1. The zero-order valence-corrected chi connectivity index (χ0v) is 27.4. The van der Waals surface area contributed by atoms with Gasteiger partial charge in [0.05, 0.1) is 29.4 Å². The van der Waals surface area contributed by atoms with E-state index in [1.54, 1.807) is 38.2 Å². The highest BCUT2D eigenvalue weighted by Crippen LogP contribution is 2.24. The molecule has 0 saturated heterocycles. The topological polar surface area (TPSA) is 165 Å². The molecule has 11 nitrogen and oxygen atoms in total. The van der Waals surface area contributed by atoms with E-state index in [4.69, 9.17) is 0 Å². The van der Waals surface area contributed by atoms with Gasteiger partial charge in [-0.25, -0.2) is 4.98 Å². The maximum atomic E-state index is 13.1. The maximum absolute atomic E-state index is 13.1. The number of aliphatic hydroxyl groups excluding tert-OH is 1. The molecule has 4 atom stereocenters. The quantitative estimate of drug-likeness (QED) is 0.104. The average molecular weight is 645 g/mol. The molecule has 4 N–H and O–H groups in total. The summed E-state index contributed by atoms with van der Waals surface area (Å²) in [5, 5.41) is 30.0. The van der Waals surface area contributed by atoms with Crippen LogP contribution < -0.4 is 20.9 Å². The highest BCUT2D eigenvalue weighted by atomic mass is 32.1. The van der Waals surface area contributed by atoms with Gasteiger partial charge in [-0.3, -0.25) is 9.59 Å². The first-order valence-corrected chi connectivity index (χ1v) is 15.6. The van der Waals surface area contributed by atoms with E-state index < -0.39 is 36.0 Å². The minimum atomic E-state index is -1.34. The molecule has 242 valence electrons. The number of carbonyl (C=O) groups is 4. The molecule has 2 aromatic carbocycles. The number of nitriles is 1. The van der Waals surface area contributed by atoms with Crippen LogP contribution in [0.5, 0.6) is 0 Å². The summed E-state index contributed by atoms with van der Waals surface area (Å²) in [5.74, 6) is -0.988. The Kier molecular flexibility index (Phi) is 13.5. The third-order valence-corrected chi connectivity index (χ3v) is 8.10. The first-order valence-electron chi connectivity index (χ1n) is 14.8. The number of allylic oxidation sites excluding steroid dienone is 1. The number of rotatable bonds is 16. The van der Waals surface area contributed by atoms with Crippen molar-refractivity contribution in [3.05, 3.63) is 93.0 Å². The number of hydrogen-bond acceptors (Lipinski definition) is 10. The largest absolute Gasteiger partial charge is 0.389 e. The maximum Gasteiger partial charge on any atom is 0.268 e. The number of benzene rings is 2. The fourth-order valence-corrected chi connectivity index (χ4v) is 5.32. The van der Waals surface area contributed by atoms with Crippen molar-refractivity contribution in [3.8, 4) is 6.07 Å². The monoisotopic (exact) mass is 644 g/mol. The Morgan fingerprint density at radius 2 is 1.76 bits per heavy atom. The molecule has 0 aliphatic rings. The van der Waals surface area contributed by atoms with Crippen LogP contribution >= 0.6 is 11.3 Å². The van der Waals surface area contributed by atoms with E-state index in [2.05, 4.69) is 20.9 Å². The van der Waals surface area contributed by atoms with Crippen LogP contribution in [0.15, 0.2) is 66.4 Å². The van der Waals surface area contributed by atoms with Crippen molar-refractivity contribution < 1.29 is 24.3 Å². The van der Waals surface area contributed by atoms with Gasteiger partial charge in [0.2, 0.25) is 0 Å². The zero-order valence-electron chi connectivity index (χ0n) is 26.6. The van der Waals surface area contributed by atoms with Crippen LogP contribution in [0, 0.1) is 31.1 Å². The molecule has 0 bridgehead atoms. The molecule has 0 radical (unpaired) electrons. The van der Waals surface area contributed by atoms with E-state index in [0.29, 0.717) is 40.3 Å². The molecular weight excluding hydrogens is 604 g/mol. The lowest BCUT2D eigenvalue weighted by molar-refractivity contribution is -0.114. The molecule has 1 heterocycles. The van der Waals surface area contributed by atoms with Crippen LogP contribution in [-0.4, -0.2) is 66.3 Å². The van der Waals surface area contributed by atoms with Crippen molar-refractivity contribution >= 4 is 41.4 Å². The lowest BCUT2D eigenvalue weighted by Gasteiger charge is -2.29. The third-order valence-electron chi connectivity index (χ3n) is 7.19. The summed E-state index contributed by atoms with van der Waals surface area (Å²) in [4.78, 5) is 55.7. The Hall–Kier alpha value is -4.54. The van der Waals surface area contributed by atoms with Crippen LogP contribution in [0.3, 0.4) is 0 Å². The number of aliphatic hydroxyl groups is 1. The summed E-state index contributed by atoms with van der Waals surface area (Å²) in [5.41, 5.74) is 3.29. The summed E-state index contributed by atoms with van der Waals surface area (Å²) in [6, 6.07) is 14.2. The average Bonchev–Trinajstić information content (AvgIpc) is 3.50. The van der Waals surface area contributed by atoms with Crippen LogP contribution in [0.1, 0.15) is 51.3 Å². The lowest BCUT2D eigenvalue weighted by atomic mass is 9.98. The minimum Gasteiger partial charge on any atom is -0.389 e. The van der Waals surface area contributed by atoms with Crippen molar-refractivity contribution in [2.75, 3.05) is 18.5 Å². The van der Waals surface area contributed by atoms with Crippen molar-refractivity contribution in [2.24, 2.45) is 5.92 Å². The predicted molar refractivity (Wildman–Crippen MR) is 177 cm³/mol. The number of nitrogens with zero attached hydrogens (tertiary/aromatic N) is 3. The summed E-state index contributed by atoms with van der Waals surface area (Å²) >= 11 is 1.16. The number of aldehydes is 2. The van der Waals surface area contributed by atoms with E-state index in [-0.39, 0.29) is 18.0 Å². The predicted octanol–water partition coefficient (Wildman–Crippen LogP) is 3.18. The van der Waals surface area contributed by atoms with Gasteiger partial charge in [-0.15, -0.1) is 11.3 Å². The van der Waals surface area contributed by atoms with Gasteiger partial charge in [0.1, 0.15) is 35.1 Å². The first kappa shape index (κ1) is 35.9. The molecule has 1 aromatic heterocycles. The van der Waals surface area contributed by atoms with Crippen LogP contribution in [0.2, 0.25) is 0 Å². The Morgan fingerprint density at radius 3 is 2.35 bits per heavy atom. The van der Waals surface area contributed by atoms with Crippen LogP contribution in [0.4, 0.5) is 5.69 Å². The summed E-state index contributed by atoms with van der Waals surface area (Å²) in [6.07, 6.45) is 2.81. The van der Waals surface area contributed by atoms with Crippen molar-refractivity contribution in [3.63, 3.8) is 0 Å². The summed E-state index contributed by atoms with van der Waals surface area (Å²) in [6.45, 7) is 7.71. The smallest absolute Gasteiger partial charge is 0.268 e. The molecule has 0 aliphatic carbocycles. The van der Waals surface area contributed by atoms with Gasteiger partial charge >= 0.3 is 0 Å². The zero-order chi connectivity index (χ0) is 33.8. The molecule has 12 heteroatoms. The second-order valence-electron chi connectivity index (χ2n) is 11.3. The number of likely N-dealkylation sites (N-methyl/N-ethyl adjacent to an activating group) is 1. The molecule has 2 amide bonds. The van der Waals surface area contributed by atoms with Crippen molar-refractivity contribution in [1.82, 2.24) is 20.9 Å². The highest BCUT2D eigenvalue weighted by molar-refractivity contribution is 7.13. The molecule has 0 spiro atoms. The standard InChI is InChI=1S/C34H40N6O5S/c1-21(2)13-26(15-35)34(45)40(5)27-8-6-7-25(14-27)32(38-16-24-11-9-22(3)10-12-24)29(20-42)37-17-30(43)28(19-41)39-33(44)31-18-36-23(4)46-31/h6-14,18-21,28-30,32,37-38,43H,16-17H2,1-5H3,(H,39,44)/t28-,29?,30+,32-/m1/s1. The second-order valence-corrected chi connectivity index (χ2v) is 12.5.